The fraction of sp³-hybridized carbons (Fsp3) is 0.227. The zero-order valence-electron chi connectivity index (χ0n) is 16.8. The van der Waals surface area contributed by atoms with Crippen LogP contribution < -0.4 is 10.7 Å². The van der Waals surface area contributed by atoms with E-state index in [9.17, 15) is 13.6 Å². The highest BCUT2D eigenvalue weighted by molar-refractivity contribution is 5.79. The third-order valence-electron chi connectivity index (χ3n) is 4.22. The van der Waals surface area contributed by atoms with E-state index in [0.717, 1.165) is 0 Å². The van der Waals surface area contributed by atoms with E-state index in [1.807, 2.05) is 0 Å². The summed E-state index contributed by atoms with van der Waals surface area (Å²) in [6.45, 7) is 11.3. The van der Waals surface area contributed by atoms with Crippen LogP contribution in [0.25, 0.3) is 16.9 Å². The molecule has 0 aromatic heterocycles. The quantitative estimate of drug-likeness (QED) is 0.493. The lowest BCUT2D eigenvalue weighted by Gasteiger charge is -2.23. The summed E-state index contributed by atoms with van der Waals surface area (Å²) in [5.41, 5.74) is 4.85. The normalized spacial score (nSPS) is 10.2. The molecule has 0 spiro atoms. The molecule has 0 aliphatic carbocycles. The van der Waals surface area contributed by atoms with Crippen molar-refractivity contribution < 1.29 is 18.3 Å². The van der Waals surface area contributed by atoms with Gasteiger partial charge in [0.25, 0.3) is 0 Å². The molecular formula is C22H25F2N3O2. The molecule has 2 N–H and O–H groups in total. The monoisotopic (exact) mass is 401 g/mol. The summed E-state index contributed by atoms with van der Waals surface area (Å²) < 4.78 is 34.0. The first-order chi connectivity index (χ1) is 13.8. The van der Waals surface area contributed by atoms with E-state index in [1.54, 1.807) is 32.0 Å². The molecule has 0 atom stereocenters. The lowest BCUT2D eigenvalue weighted by Crippen LogP contribution is -2.47. The van der Waals surface area contributed by atoms with Crippen molar-refractivity contribution in [3.63, 3.8) is 0 Å². The van der Waals surface area contributed by atoms with E-state index >= 15 is 0 Å². The van der Waals surface area contributed by atoms with Crippen LogP contribution in [0.2, 0.25) is 0 Å². The Hall–Kier alpha value is -3.35. The molecule has 2 aromatic carbocycles. The maximum absolute atomic E-state index is 14.7. The number of carbonyl (C=O) groups is 1. The van der Waals surface area contributed by atoms with Gasteiger partial charge < -0.3 is 10.1 Å². The number of hydrazine groups is 1. The number of methoxy groups -OCH3 is 1. The van der Waals surface area contributed by atoms with E-state index in [1.165, 1.54) is 30.3 Å². The fourth-order valence-corrected chi connectivity index (χ4v) is 2.78. The van der Waals surface area contributed by atoms with E-state index in [0.29, 0.717) is 28.9 Å². The van der Waals surface area contributed by atoms with Crippen LogP contribution in [0.3, 0.4) is 0 Å². The van der Waals surface area contributed by atoms with Crippen molar-refractivity contribution >= 4 is 11.8 Å². The first-order valence-electron chi connectivity index (χ1n) is 9.06. The summed E-state index contributed by atoms with van der Waals surface area (Å²) in [7, 11) is 1.40. The lowest BCUT2D eigenvalue weighted by molar-refractivity contribution is 0.182. The smallest absolute Gasteiger partial charge is 0.336 e. The molecule has 2 aromatic rings. The number of nitrogens with one attached hydrogen (secondary N) is 2. The minimum atomic E-state index is -0.517. The molecule has 0 aliphatic heterocycles. The van der Waals surface area contributed by atoms with Crippen molar-refractivity contribution in [3.05, 3.63) is 78.0 Å². The Bertz CT molecular complexity index is 928. The maximum Gasteiger partial charge on any atom is 0.336 e. The number of halogens is 2. The van der Waals surface area contributed by atoms with E-state index in [-0.39, 0.29) is 17.9 Å². The predicted molar refractivity (Wildman–Crippen MR) is 110 cm³/mol. The van der Waals surface area contributed by atoms with Crippen LogP contribution in [0.1, 0.15) is 25.0 Å². The van der Waals surface area contributed by atoms with Crippen LogP contribution in [0.4, 0.5) is 13.6 Å². The van der Waals surface area contributed by atoms with Crippen molar-refractivity contribution in [2.24, 2.45) is 0 Å². The average Bonchev–Trinajstić information content (AvgIpc) is 2.69. The highest BCUT2D eigenvalue weighted by atomic mass is 19.1. The second-order valence-corrected chi connectivity index (χ2v) is 6.39. The molecule has 2 rings (SSSR count). The number of urea groups is 1. The predicted octanol–water partition coefficient (Wildman–Crippen LogP) is 4.82. The molecule has 0 bridgehead atoms. The second kappa shape index (κ2) is 9.73. The van der Waals surface area contributed by atoms with Gasteiger partial charge in [0.15, 0.2) is 0 Å². The minimum absolute atomic E-state index is 0.000104. The summed E-state index contributed by atoms with van der Waals surface area (Å²) in [6.07, 6.45) is 0. The Balaban J connectivity index is 2.22. The highest BCUT2D eigenvalue weighted by Gasteiger charge is 2.16. The van der Waals surface area contributed by atoms with E-state index < -0.39 is 17.7 Å². The van der Waals surface area contributed by atoms with Crippen LogP contribution in [0.5, 0.6) is 0 Å². The topological polar surface area (TPSA) is 53.6 Å². The number of amides is 2. The van der Waals surface area contributed by atoms with Crippen LogP contribution in [-0.4, -0.2) is 24.7 Å². The lowest BCUT2D eigenvalue weighted by atomic mass is 9.97. The van der Waals surface area contributed by atoms with Gasteiger partial charge in [0, 0.05) is 24.4 Å². The molecule has 0 heterocycles. The van der Waals surface area contributed by atoms with Crippen molar-refractivity contribution in [1.29, 1.82) is 0 Å². The number of ether oxygens (including phenoxy) is 1. The van der Waals surface area contributed by atoms with Gasteiger partial charge in [0.2, 0.25) is 0 Å². The van der Waals surface area contributed by atoms with Crippen molar-refractivity contribution in [2.75, 3.05) is 13.7 Å². The molecule has 29 heavy (non-hydrogen) atoms. The number of rotatable bonds is 8. The largest absolute Gasteiger partial charge is 0.497 e. The van der Waals surface area contributed by atoms with Crippen molar-refractivity contribution in [1.82, 2.24) is 15.8 Å². The van der Waals surface area contributed by atoms with Gasteiger partial charge in [-0.15, -0.1) is 0 Å². The summed E-state index contributed by atoms with van der Waals surface area (Å²) in [5, 5.41) is 3.99. The van der Waals surface area contributed by atoms with Crippen LogP contribution in [-0.2, 0) is 11.3 Å². The Morgan fingerprint density at radius 2 is 1.90 bits per heavy atom. The summed E-state index contributed by atoms with van der Waals surface area (Å²) in [6, 6.07) is 8.61. The molecular weight excluding hydrogens is 376 g/mol. The van der Waals surface area contributed by atoms with Gasteiger partial charge in [-0.1, -0.05) is 37.4 Å². The van der Waals surface area contributed by atoms with Crippen LogP contribution in [0.15, 0.2) is 55.3 Å². The first-order valence-corrected chi connectivity index (χ1v) is 9.06. The second-order valence-electron chi connectivity index (χ2n) is 6.39. The third-order valence-corrected chi connectivity index (χ3v) is 4.22. The molecule has 0 radical (unpaired) electrons. The molecule has 0 saturated heterocycles. The molecule has 2 amide bonds. The standard InChI is InChI=1S/C22H25F2N3O2/c1-6-27(26-14(2)3)22(28)25-13-17-11-10-16(12-20(17)24)18-8-7-9-19(23)21(18)15(4)29-5/h7-12,26H,2,4,6,13H2,1,3,5H3,(H,25,28). The molecule has 0 saturated carbocycles. The SMILES string of the molecule is C=C(C)NN(CC)C(=O)NCc1ccc(-c2cccc(F)c2C(=C)OC)cc1F. The Morgan fingerprint density at radius 3 is 2.48 bits per heavy atom. The maximum atomic E-state index is 14.7. The molecule has 154 valence electrons. The number of nitrogens with zero attached hydrogens (tertiary/aromatic N) is 1. The minimum Gasteiger partial charge on any atom is -0.497 e. The van der Waals surface area contributed by atoms with Crippen molar-refractivity contribution in [3.8, 4) is 11.1 Å². The van der Waals surface area contributed by atoms with E-state index in [4.69, 9.17) is 4.74 Å². The zero-order valence-corrected chi connectivity index (χ0v) is 16.8. The van der Waals surface area contributed by atoms with Gasteiger partial charge in [0.1, 0.15) is 17.4 Å². The fourth-order valence-electron chi connectivity index (χ4n) is 2.78. The van der Waals surface area contributed by atoms with Gasteiger partial charge in [-0.05, 0) is 37.1 Å². The molecule has 0 unspecified atom stereocenters. The Morgan fingerprint density at radius 1 is 1.17 bits per heavy atom. The third kappa shape index (κ3) is 5.34. The molecule has 5 nitrogen and oxygen atoms in total. The summed E-state index contributed by atoms with van der Waals surface area (Å²) >= 11 is 0. The van der Waals surface area contributed by atoms with Crippen LogP contribution >= 0.6 is 0 Å². The number of carbonyl (C=O) groups excluding carboxylic acids is 1. The Labute approximate surface area is 169 Å². The Kier molecular flexibility index (Phi) is 7.36. The van der Waals surface area contributed by atoms with Gasteiger partial charge in [-0.25, -0.2) is 18.6 Å². The number of hydrogen-bond donors (Lipinski definition) is 2. The molecule has 0 aliphatic rings. The van der Waals surface area contributed by atoms with Gasteiger partial charge >= 0.3 is 6.03 Å². The molecule has 0 fully saturated rings. The van der Waals surface area contributed by atoms with E-state index in [2.05, 4.69) is 23.9 Å². The summed E-state index contributed by atoms with van der Waals surface area (Å²) in [5.74, 6) is -0.868. The highest BCUT2D eigenvalue weighted by Crippen LogP contribution is 2.31. The number of hydrogen-bond acceptors (Lipinski definition) is 3. The van der Waals surface area contributed by atoms with Gasteiger partial charge in [-0.2, -0.15) is 0 Å². The van der Waals surface area contributed by atoms with Crippen molar-refractivity contribution in [2.45, 2.75) is 20.4 Å². The van der Waals surface area contributed by atoms with Gasteiger partial charge in [-0.3, -0.25) is 5.43 Å². The average molecular weight is 401 g/mol. The van der Waals surface area contributed by atoms with Gasteiger partial charge in [0.05, 0.1) is 12.7 Å². The first kappa shape index (κ1) is 21.9. The number of allylic oxidation sites excluding steroid dienone is 1. The number of benzene rings is 2. The summed E-state index contributed by atoms with van der Waals surface area (Å²) in [4.78, 5) is 12.2. The zero-order chi connectivity index (χ0) is 21.6. The molecule has 7 heteroatoms. The van der Waals surface area contributed by atoms with Crippen LogP contribution in [0, 0.1) is 11.6 Å².